The normalized spacial score (nSPS) is 13.4. The SMILES string of the molecule is CCNCC(CNC)OSC. The van der Waals surface area contributed by atoms with Crippen LogP contribution in [0.4, 0.5) is 0 Å². The van der Waals surface area contributed by atoms with E-state index in [2.05, 4.69) is 17.6 Å². The first-order valence-electron chi connectivity index (χ1n) is 3.89. The fraction of sp³-hybridized carbons (Fsp3) is 1.00. The summed E-state index contributed by atoms with van der Waals surface area (Å²) in [7, 11) is 1.93. The molecule has 0 saturated heterocycles. The summed E-state index contributed by atoms with van der Waals surface area (Å²) in [5.74, 6) is 0. The van der Waals surface area contributed by atoms with E-state index in [0.29, 0.717) is 0 Å². The summed E-state index contributed by atoms with van der Waals surface area (Å²) < 4.78 is 5.38. The number of likely N-dealkylation sites (N-methyl/N-ethyl adjacent to an activating group) is 2. The molecule has 0 fully saturated rings. The molecule has 0 aliphatic carbocycles. The highest BCUT2D eigenvalue weighted by Crippen LogP contribution is 2.00. The summed E-state index contributed by atoms with van der Waals surface area (Å²) in [6.07, 6.45) is 2.21. The van der Waals surface area contributed by atoms with Gasteiger partial charge in [0.1, 0.15) is 0 Å². The van der Waals surface area contributed by atoms with Crippen LogP contribution in [0, 0.1) is 0 Å². The summed E-state index contributed by atoms with van der Waals surface area (Å²) in [5, 5.41) is 6.32. The number of hydrogen-bond donors (Lipinski definition) is 2. The molecule has 0 rings (SSSR count). The van der Waals surface area contributed by atoms with Gasteiger partial charge < -0.3 is 14.8 Å². The lowest BCUT2D eigenvalue weighted by molar-refractivity contribution is 0.236. The maximum Gasteiger partial charge on any atom is 0.0970 e. The minimum atomic E-state index is 0.273. The van der Waals surface area contributed by atoms with Crippen LogP contribution < -0.4 is 10.6 Å². The molecule has 3 nitrogen and oxygen atoms in total. The Hall–Kier alpha value is 0.230. The van der Waals surface area contributed by atoms with Gasteiger partial charge in [-0.15, -0.1) is 0 Å². The van der Waals surface area contributed by atoms with Crippen molar-refractivity contribution >= 4 is 12.0 Å². The molecule has 0 radical (unpaired) electrons. The van der Waals surface area contributed by atoms with E-state index in [0.717, 1.165) is 19.6 Å². The van der Waals surface area contributed by atoms with Gasteiger partial charge in [0.2, 0.25) is 0 Å². The van der Waals surface area contributed by atoms with Gasteiger partial charge in [-0.25, -0.2) is 0 Å². The third-order valence-electron chi connectivity index (χ3n) is 1.29. The van der Waals surface area contributed by atoms with Gasteiger partial charge in [-0.1, -0.05) is 6.92 Å². The quantitative estimate of drug-likeness (QED) is 0.556. The highest BCUT2D eigenvalue weighted by atomic mass is 32.2. The molecule has 0 aliphatic rings. The average Bonchev–Trinajstić information content (AvgIpc) is 2.01. The molecule has 0 amide bonds. The lowest BCUT2D eigenvalue weighted by Crippen LogP contribution is -2.34. The van der Waals surface area contributed by atoms with Crippen LogP contribution in [0.5, 0.6) is 0 Å². The van der Waals surface area contributed by atoms with Crippen molar-refractivity contribution in [2.45, 2.75) is 13.0 Å². The zero-order chi connectivity index (χ0) is 8.53. The summed E-state index contributed by atoms with van der Waals surface area (Å²) >= 11 is 1.42. The molecule has 0 bridgehead atoms. The van der Waals surface area contributed by atoms with Crippen molar-refractivity contribution in [3.8, 4) is 0 Å². The number of nitrogens with one attached hydrogen (secondary N) is 2. The Morgan fingerprint density at radius 2 is 2.18 bits per heavy atom. The molecule has 0 heterocycles. The number of hydrogen-bond acceptors (Lipinski definition) is 4. The van der Waals surface area contributed by atoms with E-state index in [1.165, 1.54) is 12.0 Å². The lowest BCUT2D eigenvalue weighted by atomic mass is 10.3. The minimum Gasteiger partial charge on any atom is -0.317 e. The maximum atomic E-state index is 5.38. The molecule has 68 valence electrons. The first-order valence-corrected chi connectivity index (χ1v) is 5.04. The van der Waals surface area contributed by atoms with Gasteiger partial charge in [-0.3, -0.25) is 0 Å². The third kappa shape index (κ3) is 6.62. The molecule has 0 aliphatic heterocycles. The highest BCUT2D eigenvalue weighted by Gasteiger charge is 2.05. The van der Waals surface area contributed by atoms with Crippen LogP contribution in [-0.2, 0) is 4.18 Å². The zero-order valence-corrected chi connectivity index (χ0v) is 8.33. The van der Waals surface area contributed by atoms with Crippen LogP contribution in [0.1, 0.15) is 6.92 Å². The molecule has 11 heavy (non-hydrogen) atoms. The molecule has 1 atom stereocenters. The molecule has 0 spiro atoms. The molecule has 1 unspecified atom stereocenters. The maximum absolute atomic E-state index is 5.38. The van der Waals surface area contributed by atoms with E-state index in [1.54, 1.807) is 0 Å². The van der Waals surface area contributed by atoms with Crippen LogP contribution in [0.2, 0.25) is 0 Å². The zero-order valence-electron chi connectivity index (χ0n) is 7.52. The van der Waals surface area contributed by atoms with Crippen LogP contribution in [-0.4, -0.2) is 39.0 Å². The standard InChI is InChI=1S/C7H18N2OS/c1-4-9-6-7(5-8-2)10-11-3/h7-9H,4-6H2,1-3H3. The van der Waals surface area contributed by atoms with E-state index in [9.17, 15) is 0 Å². The molecule has 0 aromatic heterocycles. The molecular weight excluding hydrogens is 160 g/mol. The Bertz CT molecular complexity index is 76.8. The third-order valence-corrected chi connectivity index (χ3v) is 1.75. The van der Waals surface area contributed by atoms with Gasteiger partial charge >= 0.3 is 0 Å². The predicted molar refractivity (Wildman–Crippen MR) is 50.9 cm³/mol. The molecule has 0 aromatic carbocycles. The van der Waals surface area contributed by atoms with Crippen LogP contribution in [0.3, 0.4) is 0 Å². The molecule has 0 saturated carbocycles. The molecule has 2 N–H and O–H groups in total. The van der Waals surface area contributed by atoms with Gasteiger partial charge in [0.05, 0.1) is 6.10 Å². The second-order valence-corrected chi connectivity index (χ2v) is 2.78. The second-order valence-electron chi connectivity index (χ2n) is 2.25. The lowest BCUT2D eigenvalue weighted by Gasteiger charge is -2.14. The Morgan fingerprint density at radius 3 is 2.64 bits per heavy atom. The average molecular weight is 178 g/mol. The van der Waals surface area contributed by atoms with Gasteiger partial charge in [0.15, 0.2) is 0 Å². The Morgan fingerprint density at radius 1 is 1.45 bits per heavy atom. The van der Waals surface area contributed by atoms with Gasteiger partial charge in [0.25, 0.3) is 0 Å². The molecule has 0 aromatic rings. The first kappa shape index (κ1) is 11.2. The summed E-state index contributed by atoms with van der Waals surface area (Å²) in [6.45, 7) is 4.90. The first-order chi connectivity index (χ1) is 5.35. The Kier molecular flexibility index (Phi) is 8.50. The summed E-state index contributed by atoms with van der Waals surface area (Å²) in [4.78, 5) is 0. The Balaban J connectivity index is 3.34. The fourth-order valence-corrected chi connectivity index (χ4v) is 1.22. The van der Waals surface area contributed by atoms with E-state index >= 15 is 0 Å². The Labute approximate surface area is 73.5 Å². The second kappa shape index (κ2) is 8.33. The van der Waals surface area contributed by atoms with Crippen molar-refractivity contribution in [1.82, 2.24) is 10.6 Å². The van der Waals surface area contributed by atoms with Crippen molar-refractivity contribution in [3.05, 3.63) is 0 Å². The van der Waals surface area contributed by atoms with Crippen molar-refractivity contribution < 1.29 is 4.18 Å². The van der Waals surface area contributed by atoms with Crippen LogP contribution in [0.15, 0.2) is 0 Å². The van der Waals surface area contributed by atoms with Crippen LogP contribution >= 0.6 is 12.0 Å². The molecule has 4 heteroatoms. The van der Waals surface area contributed by atoms with Crippen LogP contribution in [0.25, 0.3) is 0 Å². The van der Waals surface area contributed by atoms with Crippen molar-refractivity contribution in [2.24, 2.45) is 0 Å². The van der Waals surface area contributed by atoms with E-state index in [1.807, 2.05) is 13.3 Å². The van der Waals surface area contributed by atoms with E-state index in [4.69, 9.17) is 4.18 Å². The summed E-state index contributed by atoms with van der Waals surface area (Å²) in [5.41, 5.74) is 0. The molecular formula is C7H18N2OS. The highest BCUT2D eigenvalue weighted by molar-refractivity contribution is 7.93. The van der Waals surface area contributed by atoms with Gasteiger partial charge in [-0.2, -0.15) is 0 Å². The monoisotopic (exact) mass is 178 g/mol. The van der Waals surface area contributed by atoms with Crippen molar-refractivity contribution in [1.29, 1.82) is 0 Å². The topological polar surface area (TPSA) is 33.3 Å². The fourth-order valence-electron chi connectivity index (χ4n) is 0.809. The van der Waals surface area contributed by atoms with Crippen molar-refractivity contribution in [3.63, 3.8) is 0 Å². The van der Waals surface area contributed by atoms with Crippen molar-refractivity contribution in [2.75, 3.05) is 32.9 Å². The smallest absolute Gasteiger partial charge is 0.0970 e. The van der Waals surface area contributed by atoms with Gasteiger partial charge in [0, 0.05) is 19.3 Å². The minimum absolute atomic E-state index is 0.273. The van der Waals surface area contributed by atoms with E-state index in [-0.39, 0.29) is 6.10 Å². The van der Waals surface area contributed by atoms with Gasteiger partial charge in [-0.05, 0) is 25.6 Å². The predicted octanol–water partition coefficient (Wildman–Crippen LogP) is 0.478. The summed E-state index contributed by atoms with van der Waals surface area (Å²) in [6, 6.07) is 0. The van der Waals surface area contributed by atoms with E-state index < -0.39 is 0 Å². The number of rotatable bonds is 7. The largest absolute Gasteiger partial charge is 0.317 e.